The first-order valence-electron chi connectivity index (χ1n) is 6.71. The summed E-state index contributed by atoms with van der Waals surface area (Å²) >= 11 is 1.42. The van der Waals surface area contributed by atoms with E-state index >= 15 is 0 Å². The van der Waals surface area contributed by atoms with Crippen LogP contribution < -0.4 is 10.6 Å². The Hall–Kier alpha value is -1.73. The summed E-state index contributed by atoms with van der Waals surface area (Å²) < 4.78 is 0.849. The lowest BCUT2D eigenvalue weighted by atomic mass is 9.99. The molecule has 1 fully saturated rings. The number of nitrogens with zero attached hydrogens (tertiary/aromatic N) is 2. The summed E-state index contributed by atoms with van der Waals surface area (Å²) in [7, 11) is 0. The lowest BCUT2D eigenvalue weighted by molar-refractivity contribution is -0.382. The first-order valence-corrected chi connectivity index (χ1v) is 7.59. The highest BCUT2D eigenvalue weighted by molar-refractivity contribution is 7.16. The predicted octanol–water partition coefficient (Wildman–Crippen LogP) is 2.62. The molecule has 1 aliphatic heterocycles. The molecule has 1 atom stereocenters. The number of aromatic nitrogens is 1. The van der Waals surface area contributed by atoms with Gasteiger partial charge in [-0.05, 0) is 44.0 Å². The molecule has 0 aliphatic carbocycles. The quantitative estimate of drug-likeness (QED) is 0.669. The minimum absolute atomic E-state index is 0.0903. The number of rotatable bonds is 4. The van der Waals surface area contributed by atoms with E-state index < -0.39 is 0 Å². The van der Waals surface area contributed by atoms with Gasteiger partial charge in [-0.1, -0.05) is 0 Å². The van der Waals surface area contributed by atoms with E-state index in [1.165, 1.54) is 17.8 Å². The first kappa shape index (κ1) is 13.3. The highest BCUT2D eigenvalue weighted by Crippen LogP contribution is 2.34. The van der Waals surface area contributed by atoms with Gasteiger partial charge in [-0.25, -0.2) is 4.98 Å². The molecular weight excluding hydrogens is 276 g/mol. The Kier molecular flexibility index (Phi) is 3.79. The zero-order valence-electron chi connectivity index (χ0n) is 11.0. The Morgan fingerprint density at radius 2 is 2.45 bits per heavy atom. The van der Waals surface area contributed by atoms with Crippen LogP contribution in [0.2, 0.25) is 0 Å². The van der Waals surface area contributed by atoms with Crippen LogP contribution in [0.5, 0.6) is 0 Å². The van der Waals surface area contributed by atoms with Crippen molar-refractivity contribution in [2.45, 2.75) is 12.8 Å². The predicted molar refractivity (Wildman–Crippen MR) is 80.4 cm³/mol. The van der Waals surface area contributed by atoms with Gasteiger partial charge in [0.05, 0.1) is 15.1 Å². The first-order chi connectivity index (χ1) is 9.75. The summed E-state index contributed by atoms with van der Waals surface area (Å²) in [4.78, 5) is 15.1. The average Bonchev–Trinajstić information content (AvgIpc) is 2.93. The maximum atomic E-state index is 11.3. The lowest BCUT2D eigenvalue weighted by Gasteiger charge is -2.23. The highest BCUT2D eigenvalue weighted by atomic mass is 32.1. The smallest absolute Gasteiger partial charge is 0.319 e. The van der Waals surface area contributed by atoms with Crippen molar-refractivity contribution in [3.8, 4) is 0 Å². The van der Waals surface area contributed by atoms with Crippen molar-refractivity contribution in [2.75, 3.05) is 25.0 Å². The van der Waals surface area contributed by atoms with Crippen LogP contribution in [0, 0.1) is 16.0 Å². The van der Waals surface area contributed by atoms with E-state index in [9.17, 15) is 10.1 Å². The molecule has 6 nitrogen and oxygen atoms in total. The van der Waals surface area contributed by atoms with Crippen molar-refractivity contribution in [2.24, 2.45) is 5.92 Å². The topological polar surface area (TPSA) is 80.1 Å². The number of fused-ring (bicyclic) bond motifs is 1. The van der Waals surface area contributed by atoms with Crippen LogP contribution in [-0.4, -0.2) is 29.5 Å². The molecule has 1 saturated heterocycles. The zero-order chi connectivity index (χ0) is 13.9. The van der Waals surface area contributed by atoms with E-state index in [1.807, 2.05) is 6.07 Å². The molecule has 0 radical (unpaired) electrons. The second kappa shape index (κ2) is 5.72. The van der Waals surface area contributed by atoms with Crippen molar-refractivity contribution in [3.05, 3.63) is 27.8 Å². The number of anilines is 1. The van der Waals surface area contributed by atoms with Crippen molar-refractivity contribution in [1.29, 1.82) is 0 Å². The van der Waals surface area contributed by atoms with Gasteiger partial charge < -0.3 is 10.6 Å². The van der Waals surface area contributed by atoms with Crippen molar-refractivity contribution in [3.63, 3.8) is 0 Å². The van der Waals surface area contributed by atoms with Crippen LogP contribution in [0.25, 0.3) is 10.2 Å². The standard InChI is InChI=1S/C13H16N4O2S/c18-17(19)13-10(3-4-11-12(13)16-8-20-11)15-7-9-2-1-5-14-6-9/h3-4,8-9,14-15H,1-2,5-7H2. The molecule has 2 heterocycles. The molecule has 2 N–H and O–H groups in total. The van der Waals surface area contributed by atoms with Crippen LogP contribution in [0.15, 0.2) is 17.6 Å². The minimum atomic E-state index is -0.344. The number of benzene rings is 1. The van der Waals surface area contributed by atoms with Gasteiger partial charge in [0.15, 0.2) is 5.52 Å². The van der Waals surface area contributed by atoms with E-state index in [4.69, 9.17) is 0 Å². The Balaban J connectivity index is 1.82. The molecule has 7 heteroatoms. The highest BCUT2D eigenvalue weighted by Gasteiger charge is 2.21. The number of piperidine rings is 1. The normalized spacial score (nSPS) is 19.1. The summed E-state index contributed by atoms with van der Waals surface area (Å²) in [6, 6.07) is 3.68. The van der Waals surface area contributed by atoms with Crippen molar-refractivity contribution >= 4 is 32.9 Å². The van der Waals surface area contributed by atoms with Crippen LogP contribution in [0.3, 0.4) is 0 Å². The summed E-state index contributed by atoms with van der Waals surface area (Å²) in [5.41, 5.74) is 2.78. The molecule has 1 unspecified atom stereocenters. The van der Waals surface area contributed by atoms with E-state index in [0.717, 1.165) is 30.8 Å². The fourth-order valence-electron chi connectivity index (χ4n) is 2.60. The monoisotopic (exact) mass is 292 g/mol. The van der Waals surface area contributed by atoms with Gasteiger partial charge in [0.25, 0.3) is 0 Å². The van der Waals surface area contributed by atoms with Crippen molar-refractivity contribution < 1.29 is 4.92 Å². The fourth-order valence-corrected chi connectivity index (χ4v) is 3.28. The van der Waals surface area contributed by atoms with Gasteiger partial charge in [-0.15, -0.1) is 11.3 Å². The minimum Gasteiger partial charge on any atom is -0.379 e. The molecule has 2 aromatic rings. The van der Waals surface area contributed by atoms with E-state index in [0.29, 0.717) is 17.1 Å². The summed E-state index contributed by atoms with van der Waals surface area (Å²) in [6.07, 6.45) is 2.33. The van der Waals surface area contributed by atoms with E-state index in [1.54, 1.807) is 11.6 Å². The average molecular weight is 292 g/mol. The third-order valence-corrected chi connectivity index (χ3v) is 4.43. The number of hydrogen-bond donors (Lipinski definition) is 2. The number of hydrogen-bond acceptors (Lipinski definition) is 6. The molecule has 0 saturated carbocycles. The van der Waals surface area contributed by atoms with E-state index in [-0.39, 0.29) is 10.6 Å². The third kappa shape index (κ3) is 2.59. The summed E-state index contributed by atoms with van der Waals surface area (Å²) in [5.74, 6) is 0.523. The SMILES string of the molecule is O=[N+]([O-])c1c(NCC2CCCNC2)ccc2scnc12. The van der Waals surface area contributed by atoms with Crippen LogP contribution in [0.4, 0.5) is 11.4 Å². The number of thiazole rings is 1. The summed E-state index contributed by atoms with van der Waals surface area (Å²) in [6.45, 7) is 2.80. The van der Waals surface area contributed by atoms with Gasteiger partial charge >= 0.3 is 5.69 Å². The fraction of sp³-hybridized carbons (Fsp3) is 0.462. The zero-order valence-corrected chi connectivity index (χ0v) is 11.8. The molecule has 1 aromatic heterocycles. The molecule has 0 bridgehead atoms. The Morgan fingerprint density at radius 1 is 1.55 bits per heavy atom. The van der Waals surface area contributed by atoms with Gasteiger partial charge in [0.2, 0.25) is 0 Å². The molecule has 0 spiro atoms. The molecule has 1 aliphatic rings. The van der Waals surface area contributed by atoms with Gasteiger partial charge in [-0.2, -0.15) is 0 Å². The van der Waals surface area contributed by atoms with Gasteiger partial charge in [0.1, 0.15) is 5.69 Å². The number of nitrogens with one attached hydrogen (secondary N) is 2. The number of nitro groups is 1. The third-order valence-electron chi connectivity index (χ3n) is 3.64. The lowest BCUT2D eigenvalue weighted by Crippen LogP contribution is -2.33. The molecular formula is C13H16N4O2S. The van der Waals surface area contributed by atoms with Crippen LogP contribution >= 0.6 is 11.3 Å². The van der Waals surface area contributed by atoms with Gasteiger partial charge in [0, 0.05) is 6.54 Å². The second-order valence-corrected chi connectivity index (χ2v) is 5.90. The summed E-state index contributed by atoms with van der Waals surface area (Å²) in [5, 5.41) is 17.9. The van der Waals surface area contributed by atoms with E-state index in [2.05, 4.69) is 15.6 Å². The maximum absolute atomic E-state index is 11.3. The maximum Gasteiger partial charge on any atom is 0.319 e. The number of nitro benzene ring substituents is 1. The van der Waals surface area contributed by atoms with Gasteiger partial charge in [-0.3, -0.25) is 10.1 Å². The molecule has 3 rings (SSSR count). The molecule has 106 valence electrons. The van der Waals surface area contributed by atoms with Crippen molar-refractivity contribution in [1.82, 2.24) is 10.3 Å². The Labute approximate surface area is 120 Å². The molecule has 0 amide bonds. The van der Waals surface area contributed by atoms with Crippen LogP contribution in [-0.2, 0) is 0 Å². The van der Waals surface area contributed by atoms with Crippen LogP contribution in [0.1, 0.15) is 12.8 Å². The largest absolute Gasteiger partial charge is 0.379 e. The molecule has 1 aromatic carbocycles. The second-order valence-electron chi connectivity index (χ2n) is 5.01. The Bertz CT molecular complexity index is 622. The Morgan fingerprint density at radius 3 is 3.20 bits per heavy atom. The molecule has 20 heavy (non-hydrogen) atoms.